The van der Waals surface area contributed by atoms with Crippen molar-refractivity contribution in [3.63, 3.8) is 0 Å². The fourth-order valence-electron chi connectivity index (χ4n) is 2.16. The Hall–Kier alpha value is -0.830. The second kappa shape index (κ2) is 5.88. The highest BCUT2D eigenvalue weighted by Gasteiger charge is 2.34. The summed E-state index contributed by atoms with van der Waals surface area (Å²) < 4.78 is 11.8. The van der Waals surface area contributed by atoms with Crippen LogP contribution < -0.4 is 11.4 Å². The maximum atomic E-state index is 11.8. The minimum atomic E-state index is -3.69. The molecule has 3 atom stereocenters. The lowest BCUT2D eigenvalue weighted by Crippen LogP contribution is -2.29. The zero-order valence-corrected chi connectivity index (χ0v) is 12.5. The molecule has 0 aromatic carbocycles. The third kappa shape index (κ3) is 3.85. The normalized spacial score (nSPS) is 26.9. The maximum absolute atomic E-state index is 11.8. The van der Waals surface area contributed by atoms with E-state index in [2.05, 4.69) is 16.8 Å². The molecule has 112 valence electrons. The minimum Gasteiger partial charge on any atom is -0.383 e. The van der Waals surface area contributed by atoms with Gasteiger partial charge in [0.1, 0.15) is 12.0 Å². The van der Waals surface area contributed by atoms with Gasteiger partial charge in [-0.2, -0.15) is 4.98 Å². The number of nitrogens with zero attached hydrogens (tertiary/aromatic N) is 2. The molecular formula is C10H16N3O5PS. The summed E-state index contributed by atoms with van der Waals surface area (Å²) in [6, 6.07) is 1.52. The van der Waals surface area contributed by atoms with E-state index >= 15 is 0 Å². The van der Waals surface area contributed by atoms with E-state index in [1.165, 1.54) is 16.8 Å². The van der Waals surface area contributed by atoms with E-state index in [9.17, 15) is 4.79 Å². The summed E-state index contributed by atoms with van der Waals surface area (Å²) in [5.41, 5.74) is 4.95. The Labute approximate surface area is 120 Å². The quantitative estimate of drug-likeness (QED) is 0.662. The molecule has 0 radical (unpaired) electrons. The molecule has 4 N–H and O–H groups in total. The average molecular weight is 321 g/mol. The van der Waals surface area contributed by atoms with E-state index in [4.69, 9.17) is 24.8 Å². The van der Waals surface area contributed by atoms with Crippen molar-refractivity contribution in [1.82, 2.24) is 9.55 Å². The Morgan fingerprint density at radius 2 is 2.40 bits per heavy atom. The van der Waals surface area contributed by atoms with Crippen LogP contribution in [-0.4, -0.2) is 32.0 Å². The highest BCUT2D eigenvalue weighted by Crippen LogP contribution is 2.39. The van der Waals surface area contributed by atoms with Crippen molar-refractivity contribution in [2.75, 3.05) is 12.3 Å². The fraction of sp³-hybridized carbons (Fsp3) is 0.600. The molecule has 2 heterocycles. The number of ether oxygens (including phenoxy) is 1. The molecule has 0 spiro atoms. The molecule has 1 aromatic rings. The predicted octanol–water partition coefficient (Wildman–Crippen LogP) is -0.0252. The van der Waals surface area contributed by atoms with Gasteiger partial charge in [-0.1, -0.05) is 6.92 Å². The van der Waals surface area contributed by atoms with Gasteiger partial charge in [-0.3, -0.25) is 4.57 Å². The number of nitrogens with two attached hydrogens (primary N) is 1. The first-order chi connectivity index (χ1) is 9.26. The van der Waals surface area contributed by atoms with Gasteiger partial charge in [0, 0.05) is 12.1 Å². The summed E-state index contributed by atoms with van der Waals surface area (Å²) in [7, 11) is 0. The molecule has 0 amide bonds. The van der Waals surface area contributed by atoms with Gasteiger partial charge in [0.15, 0.2) is 0 Å². The zero-order chi connectivity index (χ0) is 14.9. The Morgan fingerprint density at radius 1 is 1.70 bits per heavy atom. The van der Waals surface area contributed by atoms with Gasteiger partial charge in [-0.25, -0.2) is 4.79 Å². The topological polar surface area (TPSA) is 120 Å². The second-order valence-corrected chi connectivity index (χ2v) is 7.36. The first kappa shape index (κ1) is 15.6. The van der Waals surface area contributed by atoms with Crippen LogP contribution in [0.1, 0.15) is 19.6 Å². The van der Waals surface area contributed by atoms with Crippen LogP contribution in [0.2, 0.25) is 0 Å². The predicted molar refractivity (Wildman–Crippen MR) is 75.3 cm³/mol. The van der Waals surface area contributed by atoms with Crippen molar-refractivity contribution in [3.8, 4) is 0 Å². The Kier molecular flexibility index (Phi) is 4.58. The zero-order valence-electron chi connectivity index (χ0n) is 10.7. The van der Waals surface area contributed by atoms with E-state index in [1.807, 2.05) is 6.92 Å². The van der Waals surface area contributed by atoms with E-state index < -0.39 is 18.6 Å². The summed E-state index contributed by atoms with van der Waals surface area (Å²) in [5, 5.41) is 0. The van der Waals surface area contributed by atoms with E-state index in [1.54, 1.807) is 0 Å². The number of rotatable bonds is 4. The third-order valence-corrected chi connectivity index (χ3v) is 3.81. The number of aromatic nitrogens is 2. The summed E-state index contributed by atoms with van der Waals surface area (Å²) in [4.78, 5) is 33.5. The van der Waals surface area contributed by atoms with Crippen LogP contribution in [0.15, 0.2) is 17.1 Å². The van der Waals surface area contributed by atoms with Crippen LogP contribution in [0.5, 0.6) is 0 Å². The summed E-state index contributed by atoms with van der Waals surface area (Å²) in [6.45, 7) is -1.80. The molecular weight excluding hydrogens is 305 g/mol. The van der Waals surface area contributed by atoms with Crippen molar-refractivity contribution in [2.24, 2.45) is 5.92 Å². The van der Waals surface area contributed by atoms with Gasteiger partial charge in [0.05, 0.1) is 12.7 Å². The highest BCUT2D eigenvalue weighted by molar-refractivity contribution is 8.06. The van der Waals surface area contributed by atoms with Crippen molar-refractivity contribution >= 4 is 24.3 Å². The summed E-state index contributed by atoms with van der Waals surface area (Å²) in [5.74, 6) is 0.194. The van der Waals surface area contributed by atoms with Crippen molar-refractivity contribution in [1.29, 1.82) is 0 Å². The van der Waals surface area contributed by atoms with Crippen LogP contribution >= 0.6 is 6.72 Å². The second-order valence-electron chi connectivity index (χ2n) is 4.69. The molecule has 1 aliphatic rings. The van der Waals surface area contributed by atoms with Crippen LogP contribution in [0.25, 0.3) is 0 Å². The van der Waals surface area contributed by atoms with Gasteiger partial charge in [-0.15, -0.1) is 0 Å². The van der Waals surface area contributed by atoms with E-state index in [-0.39, 0.29) is 24.4 Å². The van der Waals surface area contributed by atoms with Crippen LogP contribution in [0.3, 0.4) is 0 Å². The summed E-state index contributed by atoms with van der Waals surface area (Å²) in [6.07, 6.45) is 1.29. The van der Waals surface area contributed by atoms with Crippen molar-refractivity contribution < 1.29 is 19.0 Å². The molecule has 1 aromatic heterocycles. The van der Waals surface area contributed by atoms with Crippen LogP contribution in [0, 0.1) is 5.92 Å². The lowest BCUT2D eigenvalue weighted by molar-refractivity contribution is -0.0310. The first-order valence-corrected chi connectivity index (χ1v) is 8.59. The Bertz CT molecular complexity index is 589. The van der Waals surface area contributed by atoms with Gasteiger partial charge in [-0.05, 0) is 24.3 Å². The standard InChI is InChI=1S/C10H16N3O5PS/c1-6-4-7(5-17-19(15,16)20)18-9(6)13-3-2-8(11)12-10(13)14/h2-3,6-7,9H,4-5H2,1H3,(H2,11,12,14)(H2,15,16,20)/t6-,7-,9+/m0/s1. The van der Waals surface area contributed by atoms with E-state index in [0.29, 0.717) is 6.42 Å². The molecule has 20 heavy (non-hydrogen) atoms. The summed E-state index contributed by atoms with van der Waals surface area (Å²) >= 11 is 4.37. The SMILES string of the molecule is C[C@H]1C[C@@H](COP(O)(O)=S)O[C@H]1n1ccc(N)nc1=O. The number of anilines is 1. The molecule has 0 bridgehead atoms. The van der Waals surface area contributed by atoms with Gasteiger partial charge < -0.3 is 24.8 Å². The lowest BCUT2D eigenvalue weighted by atomic mass is 10.1. The molecule has 0 saturated carbocycles. The molecule has 1 saturated heterocycles. The maximum Gasteiger partial charge on any atom is 0.351 e. The fourth-order valence-corrected chi connectivity index (χ4v) is 2.71. The number of hydrogen-bond donors (Lipinski definition) is 3. The highest BCUT2D eigenvalue weighted by atomic mass is 32.5. The molecule has 2 rings (SSSR count). The monoisotopic (exact) mass is 321 g/mol. The Balaban J connectivity index is 2.07. The third-order valence-electron chi connectivity index (χ3n) is 3.01. The molecule has 8 nitrogen and oxygen atoms in total. The average Bonchev–Trinajstić information content (AvgIpc) is 2.67. The molecule has 1 aliphatic heterocycles. The van der Waals surface area contributed by atoms with Gasteiger partial charge >= 0.3 is 12.4 Å². The number of nitrogen functional groups attached to an aromatic ring is 1. The molecule has 0 aliphatic carbocycles. The van der Waals surface area contributed by atoms with Gasteiger partial charge in [0.25, 0.3) is 0 Å². The van der Waals surface area contributed by atoms with Crippen molar-refractivity contribution in [3.05, 3.63) is 22.7 Å². The van der Waals surface area contributed by atoms with Crippen LogP contribution in [0.4, 0.5) is 5.82 Å². The number of hydrogen-bond acceptors (Lipinski definition) is 6. The van der Waals surface area contributed by atoms with Gasteiger partial charge in [0.2, 0.25) is 0 Å². The van der Waals surface area contributed by atoms with Crippen LogP contribution in [-0.2, 0) is 21.1 Å². The largest absolute Gasteiger partial charge is 0.383 e. The van der Waals surface area contributed by atoms with E-state index in [0.717, 1.165) is 0 Å². The molecule has 1 fully saturated rings. The lowest BCUT2D eigenvalue weighted by Gasteiger charge is -2.18. The Morgan fingerprint density at radius 3 is 3.00 bits per heavy atom. The smallest absolute Gasteiger partial charge is 0.351 e. The van der Waals surface area contributed by atoms with Crippen molar-refractivity contribution in [2.45, 2.75) is 25.7 Å². The first-order valence-electron chi connectivity index (χ1n) is 5.96. The molecule has 0 unspecified atom stereocenters. The minimum absolute atomic E-state index is 0.0255. The molecule has 10 heteroatoms.